The lowest BCUT2D eigenvalue weighted by atomic mass is 9.97. The van der Waals surface area contributed by atoms with E-state index in [9.17, 15) is 0 Å². The van der Waals surface area contributed by atoms with Crippen molar-refractivity contribution in [2.75, 3.05) is 13.2 Å². The van der Waals surface area contributed by atoms with Crippen molar-refractivity contribution in [2.24, 2.45) is 5.41 Å². The van der Waals surface area contributed by atoms with Crippen LogP contribution in [0.15, 0.2) is 0 Å². The highest BCUT2D eigenvalue weighted by Gasteiger charge is 2.13. The molecule has 9 heteroatoms. The van der Waals surface area contributed by atoms with Crippen LogP contribution in [-0.2, 0) is 4.31 Å². The van der Waals surface area contributed by atoms with Crippen LogP contribution in [-0.4, -0.2) is 43.0 Å². The van der Waals surface area contributed by atoms with Crippen LogP contribution in [0.5, 0.6) is 0 Å². The average Bonchev–Trinajstić information content (AvgIpc) is 2.03. The van der Waals surface area contributed by atoms with Gasteiger partial charge >= 0.3 is 17.2 Å². The standard InChI is InChI=1S/C5H12O2.H4O5P2/c1-5(2,3-6)4-7;1-6(2)5-7(3)4/h6-7H,3-4H2,1-2H3;1-4H. The summed E-state index contributed by atoms with van der Waals surface area (Å²) in [6.45, 7) is 3.69. The monoisotopic (exact) mass is 250 g/mol. The van der Waals surface area contributed by atoms with Gasteiger partial charge in [-0.05, 0) is 0 Å². The van der Waals surface area contributed by atoms with Crippen molar-refractivity contribution in [3.8, 4) is 0 Å². The second-order valence-electron chi connectivity index (χ2n) is 3.07. The van der Waals surface area contributed by atoms with Crippen LogP contribution in [0.2, 0.25) is 0 Å². The molecule has 14 heavy (non-hydrogen) atoms. The molecule has 0 spiro atoms. The summed E-state index contributed by atoms with van der Waals surface area (Å²) in [4.78, 5) is 31.3. The fourth-order valence-electron chi connectivity index (χ4n) is 0.115. The maximum atomic E-state index is 8.43. The van der Waals surface area contributed by atoms with Gasteiger partial charge in [-0.25, -0.2) is 4.31 Å². The minimum Gasteiger partial charge on any atom is -0.396 e. The molecule has 0 amide bonds. The van der Waals surface area contributed by atoms with Crippen molar-refractivity contribution >= 4 is 17.2 Å². The lowest BCUT2D eigenvalue weighted by Gasteiger charge is -2.16. The highest BCUT2D eigenvalue weighted by atomic mass is 31.2. The molecule has 6 N–H and O–H groups in total. The molecule has 0 aliphatic rings. The number of hydrogen-bond donors (Lipinski definition) is 6. The fraction of sp³-hybridized carbons (Fsp3) is 1.00. The van der Waals surface area contributed by atoms with Crippen molar-refractivity contribution in [3.05, 3.63) is 0 Å². The number of rotatable bonds is 4. The molecule has 0 atom stereocenters. The smallest absolute Gasteiger partial charge is 0.334 e. The van der Waals surface area contributed by atoms with Gasteiger partial charge in [0.05, 0.1) is 13.2 Å². The Kier molecular flexibility index (Phi) is 10.7. The van der Waals surface area contributed by atoms with Gasteiger partial charge in [0, 0.05) is 5.41 Å². The molecule has 0 unspecified atom stereocenters. The topological polar surface area (TPSA) is 131 Å². The van der Waals surface area contributed by atoms with E-state index in [1.165, 1.54) is 0 Å². The molecule has 0 aromatic rings. The molecule has 0 bridgehead atoms. The van der Waals surface area contributed by atoms with E-state index in [2.05, 4.69) is 4.31 Å². The zero-order chi connectivity index (χ0) is 11.8. The Morgan fingerprint density at radius 3 is 1.21 bits per heavy atom. The first kappa shape index (κ1) is 17.0. The molecule has 0 aliphatic heterocycles. The Bertz CT molecular complexity index is 117. The normalized spacial score (nSPS) is 11.6. The zero-order valence-corrected chi connectivity index (χ0v) is 9.69. The quantitative estimate of drug-likeness (QED) is 0.368. The van der Waals surface area contributed by atoms with Gasteiger partial charge in [-0.3, -0.25) is 0 Å². The Balaban J connectivity index is 0. The van der Waals surface area contributed by atoms with Crippen LogP contribution in [0.25, 0.3) is 0 Å². The summed E-state index contributed by atoms with van der Waals surface area (Å²) in [6.07, 6.45) is 0. The lowest BCUT2D eigenvalue weighted by Crippen LogP contribution is -2.20. The number of hydrogen-bond acceptors (Lipinski definition) is 7. The molecule has 0 aromatic heterocycles. The van der Waals surface area contributed by atoms with Gasteiger partial charge < -0.3 is 29.8 Å². The minimum absolute atomic E-state index is 0.0451. The molecule has 7 nitrogen and oxygen atoms in total. The van der Waals surface area contributed by atoms with Crippen molar-refractivity contribution in [3.63, 3.8) is 0 Å². The molecule has 0 aromatic carbocycles. The fourth-order valence-corrected chi connectivity index (χ4v) is 0.638. The molecular formula is C5H16O7P2. The largest absolute Gasteiger partial charge is 0.396 e. The van der Waals surface area contributed by atoms with Crippen LogP contribution >= 0.6 is 17.2 Å². The van der Waals surface area contributed by atoms with Crippen molar-refractivity contribution in [1.82, 2.24) is 0 Å². The van der Waals surface area contributed by atoms with Crippen molar-refractivity contribution in [2.45, 2.75) is 13.8 Å². The minimum atomic E-state index is -2.61. The van der Waals surface area contributed by atoms with Crippen molar-refractivity contribution < 1.29 is 34.1 Å². The highest BCUT2D eigenvalue weighted by molar-refractivity contribution is 7.53. The Morgan fingerprint density at radius 2 is 1.21 bits per heavy atom. The van der Waals surface area contributed by atoms with Crippen LogP contribution in [0, 0.1) is 5.41 Å². The number of aliphatic hydroxyl groups excluding tert-OH is 2. The van der Waals surface area contributed by atoms with Crippen LogP contribution in [0.4, 0.5) is 0 Å². The first-order chi connectivity index (χ1) is 6.25. The maximum absolute atomic E-state index is 8.43. The van der Waals surface area contributed by atoms with Gasteiger partial charge in [0.1, 0.15) is 0 Å². The Morgan fingerprint density at radius 1 is 0.929 bits per heavy atom. The van der Waals surface area contributed by atoms with E-state index in [0.717, 1.165) is 0 Å². The van der Waals surface area contributed by atoms with Crippen LogP contribution in [0.3, 0.4) is 0 Å². The maximum Gasteiger partial charge on any atom is 0.334 e. The molecule has 0 heterocycles. The third-order valence-corrected chi connectivity index (χ3v) is 2.17. The Labute approximate surface area is 84.6 Å². The summed E-state index contributed by atoms with van der Waals surface area (Å²) in [5.41, 5.74) is -0.306. The summed E-state index contributed by atoms with van der Waals surface area (Å²) >= 11 is 0. The van der Waals surface area contributed by atoms with E-state index in [4.69, 9.17) is 29.8 Å². The molecule has 0 rings (SSSR count). The van der Waals surface area contributed by atoms with Crippen LogP contribution < -0.4 is 0 Å². The second-order valence-corrected chi connectivity index (χ2v) is 4.73. The van der Waals surface area contributed by atoms with Gasteiger partial charge in [-0.15, -0.1) is 0 Å². The second kappa shape index (κ2) is 8.85. The Hall–Kier alpha value is 0.580. The van der Waals surface area contributed by atoms with E-state index in [0.29, 0.717) is 0 Å². The SMILES string of the molecule is CC(C)(CO)CO.OP(O)OP(O)O. The van der Waals surface area contributed by atoms with Crippen LogP contribution in [0.1, 0.15) is 13.8 Å². The first-order valence-electron chi connectivity index (χ1n) is 3.50. The van der Waals surface area contributed by atoms with E-state index in [-0.39, 0.29) is 18.6 Å². The lowest BCUT2D eigenvalue weighted by molar-refractivity contribution is 0.0857. The first-order valence-corrected chi connectivity index (χ1v) is 5.84. The predicted octanol–water partition coefficient (Wildman–Crippen LogP) is -0.577. The van der Waals surface area contributed by atoms with E-state index in [1.54, 1.807) is 13.8 Å². The molecule has 0 saturated heterocycles. The molecule has 0 saturated carbocycles. The van der Waals surface area contributed by atoms with Gasteiger partial charge in [0.25, 0.3) is 0 Å². The third kappa shape index (κ3) is 15.1. The number of aliphatic hydroxyl groups is 2. The highest BCUT2D eigenvalue weighted by Crippen LogP contribution is 2.41. The summed E-state index contributed by atoms with van der Waals surface area (Å²) in [5, 5.41) is 16.9. The average molecular weight is 250 g/mol. The molecule has 0 fully saturated rings. The molecule has 0 radical (unpaired) electrons. The van der Waals surface area contributed by atoms with Gasteiger partial charge in [-0.1, -0.05) is 13.8 Å². The van der Waals surface area contributed by atoms with E-state index in [1.807, 2.05) is 0 Å². The third-order valence-electron chi connectivity index (χ3n) is 1.00. The summed E-state index contributed by atoms with van der Waals surface area (Å²) in [6, 6.07) is 0. The van der Waals surface area contributed by atoms with Gasteiger partial charge in [-0.2, -0.15) is 0 Å². The van der Waals surface area contributed by atoms with E-state index < -0.39 is 17.2 Å². The predicted molar refractivity (Wildman–Crippen MR) is 51.8 cm³/mol. The summed E-state index contributed by atoms with van der Waals surface area (Å²) in [7, 11) is -5.22. The summed E-state index contributed by atoms with van der Waals surface area (Å²) < 4.78 is 3.60. The molecular weight excluding hydrogens is 234 g/mol. The molecule has 88 valence electrons. The van der Waals surface area contributed by atoms with Gasteiger partial charge in [0.15, 0.2) is 0 Å². The van der Waals surface area contributed by atoms with Crippen molar-refractivity contribution in [1.29, 1.82) is 0 Å². The summed E-state index contributed by atoms with van der Waals surface area (Å²) in [5.74, 6) is 0. The zero-order valence-electron chi connectivity index (χ0n) is 7.90. The van der Waals surface area contributed by atoms with Gasteiger partial charge in [0.2, 0.25) is 0 Å². The molecule has 0 aliphatic carbocycles. The van der Waals surface area contributed by atoms with E-state index >= 15 is 0 Å².